The number of nitrogens with one attached hydrogen (secondary N) is 1. The lowest BCUT2D eigenvalue weighted by molar-refractivity contribution is 0.0906. The second kappa shape index (κ2) is 12.1. The highest BCUT2D eigenvalue weighted by Crippen LogP contribution is 2.18. The number of ether oxygens (including phenoxy) is 3. The third kappa shape index (κ3) is 6.95. The van der Waals surface area contributed by atoms with Crippen molar-refractivity contribution >= 4 is 5.96 Å². The molecule has 0 bridgehead atoms. The molecule has 0 aliphatic carbocycles. The van der Waals surface area contributed by atoms with E-state index in [1.54, 1.807) is 7.11 Å². The highest BCUT2D eigenvalue weighted by Gasteiger charge is 2.24. The van der Waals surface area contributed by atoms with Gasteiger partial charge in [-0.3, -0.25) is 4.99 Å². The molecule has 6 heteroatoms. The van der Waals surface area contributed by atoms with Crippen LogP contribution >= 0.6 is 0 Å². The van der Waals surface area contributed by atoms with Gasteiger partial charge in [-0.25, -0.2) is 0 Å². The maximum atomic E-state index is 5.92. The van der Waals surface area contributed by atoms with E-state index in [2.05, 4.69) is 27.3 Å². The summed E-state index contributed by atoms with van der Waals surface area (Å²) in [7, 11) is 3.50. The van der Waals surface area contributed by atoms with Crippen LogP contribution in [0.3, 0.4) is 0 Å². The fourth-order valence-corrected chi connectivity index (χ4v) is 3.55. The number of aliphatic imine (C=N–C) groups is 1. The van der Waals surface area contributed by atoms with Gasteiger partial charge in [0.1, 0.15) is 11.5 Å². The van der Waals surface area contributed by atoms with E-state index in [-0.39, 0.29) is 0 Å². The predicted molar refractivity (Wildman–Crippen MR) is 120 cm³/mol. The van der Waals surface area contributed by atoms with Crippen LogP contribution in [0.25, 0.3) is 0 Å². The maximum absolute atomic E-state index is 5.92. The molecule has 1 aliphatic rings. The largest absolute Gasteiger partial charge is 0.497 e. The molecule has 0 saturated carbocycles. The number of methoxy groups -OCH3 is 1. The third-order valence-corrected chi connectivity index (χ3v) is 5.19. The molecule has 0 radical (unpaired) electrons. The molecule has 2 aromatic rings. The number of guanidine groups is 1. The highest BCUT2D eigenvalue weighted by atomic mass is 16.5. The number of benzene rings is 2. The van der Waals surface area contributed by atoms with E-state index in [0.717, 1.165) is 56.5 Å². The van der Waals surface area contributed by atoms with Crippen molar-refractivity contribution < 1.29 is 14.2 Å². The third-order valence-electron chi connectivity index (χ3n) is 5.19. The molecule has 30 heavy (non-hydrogen) atoms. The van der Waals surface area contributed by atoms with Gasteiger partial charge in [0.25, 0.3) is 0 Å². The van der Waals surface area contributed by atoms with E-state index in [0.29, 0.717) is 19.1 Å². The van der Waals surface area contributed by atoms with Crippen molar-refractivity contribution in [2.45, 2.75) is 19.4 Å². The first-order valence-corrected chi connectivity index (χ1v) is 10.6. The van der Waals surface area contributed by atoms with Gasteiger partial charge in [-0.05, 0) is 42.7 Å². The molecule has 162 valence electrons. The number of hydrogen-bond acceptors (Lipinski definition) is 4. The van der Waals surface area contributed by atoms with Crippen LogP contribution in [0.1, 0.15) is 18.4 Å². The van der Waals surface area contributed by atoms with E-state index in [1.165, 1.54) is 5.56 Å². The molecule has 1 atom stereocenters. The van der Waals surface area contributed by atoms with Crippen LogP contribution in [-0.4, -0.2) is 57.9 Å². The monoisotopic (exact) mass is 411 g/mol. The second-order valence-electron chi connectivity index (χ2n) is 7.45. The van der Waals surface area contributed by atoms with Crippen molar-refractivity contribution in [2.24, 2.45) is 10.9 Å². The van der Waals surface area contributed by atoms with E-state index in [1.807, 2.05) is 49.5 Å². The molecule has 1 heterocycles. The highest BCUT2D eigenvalue weighted by molar-refractivity contribution is 5.80. The van der Waals surface area contributed by atoms with Crippen molar-refractivity contribution in [1.82, 2.24) is 10.2 Å². The minimum absolute atomic E-state index is 0.547. The van der Waals surface area contributed by atoms with Gasteiger partial charge in [-0.1, -0.05) is 30.3 Å². The second-order valence-corrected chi connectivity index (χ2v) is 7.45. The lowest BCUT2D eigenvalue weighted by atomic mass is 10.1. The van der Waals surface area contributed by atoms with Crippen molar-refractivity contribution in [1.29, 1.82) is 0 Å². The average molecular weight is 412 g/mol. The Morgan fingerprint density at radius 1 is 1.10 bits per heavy atom. The molecule has 2 aromatic carbocycles. The van der Waals surface area contributed by atoms with Gasteiger partial charge < -0.3 is 24.4 Å². The van der Waals surface area contributed by atoms with Gasteiger partial charge >= 0.3 is 0 Å². The van der Waals surface area contributed by atoms with Crippen LogP contribution in [-0.2, 0) is 11.3 Å². The molecular weight excluding hydrogens is 378 g/mol. The zero-order valence-electron chi connectivity index (χ0n) is 18.0. The van der Waals surface area contributed by atoms with Crippen molar-refractivity contribution in [3.8, 4) is 11.5 Å². The van der Waals surface area contributed by atoms with Crippen LogP contribution in [0.4, 0.5) is 0 Å². The smallest absolute Gasteiger partial charge is 0.193 e. The summed E-state index contributed by atoms with van der Waals surface area (Å²) in [6.45, 7) is 4.95. The standard InChI is InChI=1S/C24H33N3O3/c1-25-24(26-14-6-16-30-23-11-9-22(28-2)10-12-23)27-15-13-21(17-27)19-29-18-20-7-4-3-5-8-20/h3-5,7-12,21H,6,13-19H2,1-2H3,(H,25,26). The number of rotatable bonds is 10. The Labute approximate surface area is 179 Å². The van der Waals surface area contributed by atoms with Crippen molar-refractivity contribution in [2.75, 3.05) is 47.0 Å². The summed E-state index contributed by atoms with van der Waals surface area (Å²) in [5, 5.41) is 3.45. The van der Waals surface area contributed by atoms with Gasteiger partial charge in [0.2, 0.25) is 0 Å². The van der Waals surface area contributed by atoms with Gasteiger partial charge in [0.05, 0.1) is 26.9 Å². The summed E-state index contributed by atoms with van der Waals surface area (Å²) in [6, 6.07) is 18.0. The topological polar surface area (TPSA) is 55.3 Å². The van der Waals surface area contributed by atoms with Crippen molar-refractivity contribution in [3.05, 3.63) is 60.2 Å². The number of likely N-dealkylation sites (tertiary alicyclic amines) is 1. The minimum atomic E-state index is 0.547. The Morgan fingerprint density at radius 3 is 2.60 bits per heavy atom. The molecule has 1 saturated heterocycles. The summed E-state index contributed by atoms with van der Waals surface area (Å²) >= 11 is 0. The number of hydrogen-bond donors (Lipinski definition) is 1. The zero-order valence-corrected chi connectivity index (χ0v) is 18.0. The van der Waals surface area contributed by atoms with Crippen LogP contribution in [0, 0.1) is 5.92 Å². The first-order valence-electron chi connectivity index (χ1n) is 10.6. The van der Waals surface area contributed by atoms with Crippen LogP contribution < -0.4 is 14.8 Å². The van der Waals surface area contributed by atoms with E-state index in [9.17, 15) is 0 Å². The Morgan fingerprint density at radius 2 is 1.87 bits per heavy atom. The van der Waals surface area contributed by atoms with E-state index < -0.39 is 0 Å². The molecule has 1 unspecified atom stereocenters. The van der Waals surface area contributed by atoms with Crippen LogP contribution in [0.2, 0.25) is 0 Å². The van der Waals surface area contributed by atoms with Crippen LogP contribution in [0.5, 0.6) is 11.5 Å². The van der Waals surface area contributed by atoms with Crippen LogP contribution in [0.15, 0.2) is 59.6 Å². The summed E-state index contributed by atoms with van der Waals surface area (Å²) < 4.78 is 16.9. The van der Waals surface area contributed by atoms with E-state index in [4.69, 9.17) is 14.2 Å². The van der Waals surface area contributed by atoms with Gasteiger partial charge in [0, 0.05) is 32.6 Å². The fourth-order valence-electron chi connectivity index (χ4n) is 3.55. The normalized spacial score (nSPS) is 16.5. The summed E-state index contributed by atoms with van der Waals surface area (Å²) in [4.78, 5) is 6.76. The van der Waals surface area contributed by atoms with E-state index >= 15 is 0 Å². The summed E-state index contributed by atoms with van der Waals surface area (Å²) in [5.74, 6) is 3.20. The molecule has 3 rings (SSSR count). The summed E-state index contributed by atoms with van der Waals surface area (Å²) in [6.07, 6.45) is 2.04. The average Bonchev–Trinajstić information content (AvgIpc) is 3.26. The minimum Gasteiger partial charge on any atom is -0.497 e. The Balaban J connectivity index is 1.30. The number of nitrogens with zero attached hydrogens (tertiary/aromatic N) is 2. The molecule has 6 nitrogen and oxygen atoms in total. The first kappa shape index (κ1) is 22.0. The van der Waals surface area contributed by atoms with Gasteiger partial charge in [-0.15, -0.1) is 0 Å². The first-order chi connectivity index (χ1) is 14.8. The lowest BCUT2D eigenvalue weighted by Gasteiger charge is -2.21. The SMILES string of the molecule is CN=C(NCCCOc1ccc(OC)cc1)N1CCC(COCc2ccccc2)C1. The molecule has 1 N–H and O–H groups in total. The zero-order chi connectivity index (χ0) is 21.0. The predicted octanol–water partition coefficient (Wildman–Crippen LogP) is 3.58. The fraction of sp³-hybridized carbons (Fsp3) is 0.458. The Bertz CT molecular complexity index is 765. The summed E-state index contributed by atoms with van der Waals surface area (Å²) in [5.41, 5.74) is 1.22. The lowest BCUT2D eigenvalue weighted by Crippen LogP contribution is -2.40. The molecule has 0 aromatic heterocycles. The molecule has 0 spiro atoms. The Kier molecular flexibility index (Phi) is 8.84. The molecule has 1 aliphatic heterocycles. The molecular formula is C24H33N3O3. The van der Waals surface area contributed by atoms with Gasteiger partial charge in [0.15, 0.2) is 5.96 Å². The van der Waals surface area contributed by atoms with Crippen molar-refractivity contribution in [3.63, 3.8) is 0 Å². The molecule has 0 amide bonds. The maximum Gasteiger partial charge on any atom is 0.193 e. The molecule has 1 fully saturated rings. The Hall–Kier alpha value is -2.73. The van der Waals surface area contributed by atoms with Gasteiger partial charge in [-0.2, -0.15) is 0 Å². The quantitative estimate of drug-likeness (QED) is 0.368.